The molecule has 2 amide bonds. The lowest BCUT2D eigenvalue weighted by atomic mass is 9.68. The first kappa shape index (κ1) is 21.8. The molecule has 1 aromatic carbocycles. The van der Waals surface area contributed by atoms with Gasteiger partial charge in [0, 0.05) is 12.1 Å². The first-order valence-corrected chi connectivity index (χ1v) is 12.0. The largest absolute Gasteiger partial charge is 0.325 e. The molecule has 2 heterocycles. The number of carbonyl (C=O) groups is 1. The standard InChI is InChI=1S/C26H32N6O/c1-30(2)26(21-9-4-3-5-10-21)13-11-25(12-14-26)19-31(22-16-28-23(15-27)29-17-22)24(33)32(25)18-20-7-6-8-20/h3-5,9-10,16-17,20H,6-8,11-14,18-19H2,1-2H3/t25-,26+. The van der Waals surface area contributed by atoms with Crippen LogP contribution >= 0.6 is 0 Å². The van der Waals surface area contributed by atoms with Gasteiger partial charge in [-0.05, 0) is 64.1 Å². The topological polar surface area (TPSA) is 76.4 Å². The molecule has 5 rings (SSSR count). The highest BCUT2D eigenvalue weighted by atomic mass is 16.2. The molecule has 0 N–H and O–H groups in total. The van der Waals surface area contributed by atoms with Crippen LogP contribution in [0.1, 0.15) is 56.3 Å². The highest BCUT2D eigenvalue weighted by Gasteiger charge is 2.55. The van der Waals surface area contributed by atoms with Crippen molar-refractivity contribution in [3.63, 3.8) is 0 Å². The molecule has 0 unspecified atom stereocenters. The van der Waals surface area contributed by atoms with Gasteiger partial charge in [0.1, 0.15) is 6.07 Å². The van der Waals surface area contributed by atoms with Gasteiger partial charge < -0.3 is 4.90 Å². The van der Waals surface area contributed by atoms with Crippen molar-refractivity contribution in [1.29, 1.82) is 5.26 Å². The number of carbonyl (C=O) groups excluding carboxylic acids is 1. The van der Waals surface area contributed by atoms with Crippen LogP contribution in [0, 0.1) is 17.2 Å². The normalized spacial score (nSPS) is 27.8. The van der Waals surface area contributed by atoms with Gasteiger partial charge in [-0.1, -0.05) is 36.8 Å². The molecule has 3 aliphatic rings. The number of hydrogen-bond acceptors (Lipinski definition) is 5. The SMILES string of the molecule is CN(C)[C@]1(c2ccccc2)CC[C@]2(CC1)CN(c1cnc(C#N)nc1)C(=O)N2CC1CCC1. The smallest absolute Gasteiger partial charge is 0.317 e. The van der Waals surface area contributed by atoms with Crippen molar-refractivity contribution < 1.29 is 4.79 Å². The maximum absolute atomic E-state index is 13.7. The molecule has 2 aromatic rings. The van der Waals surface area contributed by atoms with Crippen LogP contribution in [0.3, 0.4) is 0 Å². The third kappa shape index (κ3) is 3.67. The molecule has 172 valence electrons. The first-order valence-electron chi connectivity index (χ1n) is 12.0. The second-order valence-electron chi connectivity index (χ2n) is 10.2. The highest BCUT2D eigenvalue weighted by molar-refractivity contribution is 5.95. The number of amides is 2. The van der Waals surface area contributed by atoms with Gasteiger partial charge in [-0.15, -0.1) is 0 Å². The van der Waals surface area contributed by atoms with Crippen LogP contribution in [-0.4, -0.2) is 58.5 Å². The predicted octanol–water partition coefficient (Wildman–Crippen LogP) is 4.16. The van der Waals surface area contributed by atoms with E-state index >= 15 is 0 Å². The maximum atomic E-state index is 13.7. The van der Waals surface area contributed by atoms with Gasteiger partial charge >= 0.3 is 6.03 Å². The Bertz CT molecular complexity index is 1030. The van der Waals surface area contributed by atoms with Gasteiger partial charge in [-0.2, -0.15) is 5.26 Å². The predicted molar refractivity (Wildman–Crippen MR) is 127 cm³/mol. The highest BCUT2D eigenvalue weighted by Crippen LogP contribution is 2.50. The molecule has 0 bridgehead atoms. The van der Waals surface area contributed by atoms with Gasteiger partial charge in [0.2, 0.25) is 5.82 Å². The van der Waals surface area contributed by atoms with Crippen LogP contribution in [0.25, 0.3) is 0 Å². The Labute approximate surface area is 196 Å². The fraction of sp³-hybridized carbons (Fsp3) is 0.538. The van der Waals surface area contributed by atoms with Crippen LogP contribution < -0.4 is 4.90 Å². The minimum atomic E-state index is -0.172. The van der Waals surface area contributed by atoms with E-state index in [9.17, 15) is 4.79 Å². The summed E-state index contributed by atoms with van der Waals surface area (Å²) in [7, 11) is 4.36. The van der Waals surface area contributed by atoms with Crippen molar-refractivity contribution in [2.45, 2.75) is 56.0 Å². The van der Waals surface area contributed by atoms with Gasteiger partial charge in [0.05, 0.1) is 30.2 Å². The van der Waals surface area contributed by atoms with Crippen molar-refractivity contribution in [3.8, 4) is 6.07 Å². The van der Waals surface area contributed by atoms with Crippen LogP contribution in [-0.2, 0) is 5.54 Å². The summed E-state index contributed by atoms with van der Waals surface area (Å²) in [4.78, 5) is 28.3. The molecule has 1 spiro atoms. The summed E-state index contributed by atoms with van der Waals surface area (Å²) in [5.41, 5.74) is 1.86. The van der Waals surface area contributed by atoms with Gasteiger partial charge in [0.25, 0.3) is 0 Å². The monoisotopic (exact) mass is 444 g/mol. The molecule has 7 heteroatoms. The van der Waals surface area contributed by atoms with Crippen molar-refractivity contribution in [2.24, 2.45) is 5.92 Å². The number of nitriles is 1. The number of hydrogen-bond donors (Lipinski definition) is 0. The Morgan fingerprint density at radius 1 is 1.09 bits per heavy atom. The van der Waals surface area contributed by atoms with E-state index < -0.39 is 0 Å². The summed E-state index contributed by atoms with van der Waals surface area (Å²) < 4.78 is 0. The molecule has 1 saturated heterocycles. The molecule has 2 saturated carbocycles. The molecule has 7 nitrogen and oxygen atoms in total. The Morgan fingerprint density at radius 2 is 1.76 bits per heavy atom. The van der Waals surface area contributed by atoms with Gasteiger partial charge in [-0.25, -0.2) is 14.8 Å². The molecule has 0 atom stereocenters. The van der Waals surface area contributed by atoms with E-state index in [-0.39, 0.29) is 22.9 Å². The van der Waals surface area contributed by atoms with Crippen LogP contribution in [0.15, 0.2) is 42.7 Å². The average Bonchev–Trinajstić information content (AvgIpc) is 3.08. The summed E-state index contributed by atoms with van der Waals surface area (Å²) in [5.74, 6) is 0.736. The summed E-state index contributed by atoms with van der Waals surface area (Å²) in [6, 6.07) is 12.8. The molecular formula is C26H32N6O. The van der Waals surface area contributed by atoms with Crippen LogP contribution in [0.5, 0.6) is 0 Å². The van der Waals surface area contributed by atoms with Crippen molar-refractivity contribution in [3.05, 3.63) is 54.1 Å². The first-order chi connectivity index (χ1) is 16.0. The number of aromatic nitrogens is 2. The second-order valence-corrected chi connectivity index (χ2v) is 10.2. The zero-order chi connectivity index (χ0) is 23.1. The Morgan fingerprint density at radius 3 is 2.30 bits per heavy atom. The Hall–Kier alpha value is -2.98. The number of benzene rings is 1. The fourth-order valence-electron chi connectivity index (χ4n) is 6.02. The lowest BCUT2D eigenvalue weighted by Gasteiger charge is -2.51. The van der Waals surface area contributed by atoms with E-state index in [2.05, 4.69) is 64.2 Å². The summed E-state index contributed by atoms with van der Waals surface area (Å²) in [6.45, 7) is 1.50. The second kappa shape index (κ2) is 8.42. The van der Waals surface area contributed by atoms with E-state index in [1.54, 1.807) is 12.4 Å². The number of urea groups is 1. The maximum Gasteiger partial charge on any atom is 0.325 e. The van der Waals surface area contributed by atoms with Crippen LogP contribution in [0.4, 0.5) is 10.5 Å². The lowest BCUT2D eigenvalue weighted by Crippen LogP contribution is -2.56. The van der Waals surface area contributed by atoms with Crippen LogP contribution in [0.2, 0.25) is 0 Å². The number of nitrogens with zero attached hydrogens (tertiary/aromatic N) is 6. The number of rotatable bonds is 5. The Kier molecular flexibility index (Phi) is 5.57. The molecule has 2 aliphatic carbocycles. The molecule has 1 aromatic heterocycles. The van der Waals surface area contributed by atoms with E-state index in [1.165, 1.54) is 24.8 Å². The minimum absolute atomic E-state index is 0.0112. The quantitative estimate of drug-likeness (QED) is 0.692. The van der Waals surface area contributed by atoms with Crippen molar-refractivity contribution >= 4 is 11.7 Å². The van der Waals surface area contributed by atoms with Crippen molar-refractivity contribution in [1.82, 2.24) is 19.8 Å². The third-order valence-corrected chi connectivity index (χ3v) is 8.38. The summed E-state index contributed by atoms with van der Waals surface area (Å²) in [5, 5.41) is 9.04. The van der Waals surface area contributed by atoms with E-state index in [1.807, 2.05) is 11.0 Å². The number of anilines is 1. The summed E-state index contributed by atoms with van der Waals surface area (Å²) in [6.07, 6.45) is 10.9. The molecule has 1 aliphatic heterocycles. The summed E-state index contributed by atoms with van der Waals surface area (Å²) >= 11 is 0. The van der Waals surface area contributed by atoms with E-state index in [0.29, 0.717) is 18.2 Å². The van der Waals surface area contributed by atoms with Crippen molar-refractivity contribution in [2.75, 3.05) is 32.1 Å². The van der Waals surface area contributed by atoms with E-state index in [4.69, 9.17) is 5.26 Å². The zero-order valence-corrected chi connectivity index (χ0v) is 19.6. The van der Waals surface area contributed by atoms with Gasteiger partial charge in [0.15, 0.2) is 0 Å². The molecule has 3 fully saturated rings. The van der Waals surface area contributed by atoms with E-state index in [0.717, 1.165) is 32.2 Å². The molecule has 0 radical (unpaired) electrons. The zero-order valence-electron chi connectivity index (χ0n) is 19.6. The third-order valence-electron chi connectivity index (χ3n) is 8.38. The Balaban J connectivity index is 1.44. The minimum Gasteiger partial charge on any atom is -0.317 e. The van der Waals surface area contributed by atoms with Gasteiger partial charge in [-0.3, -0.25) is 9.80 Å². The molecular weight excluding hydrogens is 412 g/mol. The lowest BCUT2D eigenvalue weighted by molar-refractivity contribution is 0.0172. The fourth-order valence-corrected chi connectivity index (χ4v) is 6.02. The molecule has 33 heavy (non-hydrogen) atoms. The average molecular weight is 445 g/mol.